The first-order valence-corrected chi connectivity index (χ1v) is 9.12. The minimum absolute atomic E-state index is 0.00288. The summed E-state index contributed by atoms with van der Waals surface area (Å²) in [4.78, 5) is 0. The normalized spacial score (nSPS) is 20.0. The van der Waals surface area contributed by atoms with E-state index in [4.69, 9.17) is 13.6 Å². The van der Waals surface area contributed by atoms with E-state index in [9.17, 15) is 0 Å². The van der Waals surface area contributed by atoms with Crippen LogP contribution >= 0.6 is 0 Å². The minimum Gasteiger partial charge on any atom is -0.496 e. The molecule has 2 aromatic heterocycles. The van der Waals surface area contributed by atoms with E-state index in [-0.39, 0.29) is 5.41 Å². The van der Waals surface area contributed by atoms with E-state index in [1.54, 1.807) is 19.6 Å². The maximum atomic E-state index is 5.83. The molecule has 5 rings (SSSR count). The van der Waals surface area contributed by atoms with Gasteiger partial charge >= 0.3 is 0 Å². The zero-order valence-electron chi connectivity index (χ0n) is 15.3. The van der Waals surface area contributed by atoms with E-state index in [0.717, 1.165) is 35.7 Å². The van der Waals surface area contributed by atoms with Crippen molar-refractivity contribution in [2.45, 2.75) is 32.6 Å². The van der Waals surface area contributed by atoms with Gasteiger partial charge in [0.1, 0.15) is 17.3 Å². The van der Waals surface area contributed by atoms with Gasteiger partial charge in [-0.3, -0.25) is 0 Å². The average molecular weight is 346 g/mol. The molecule has 26 heavy (non-hydrogen) atoms. The largest absolute Gasteiger partial charge is 0.496 e. The van der Waals surface area contributed by atoms with Gasteiger partial charge in [0.2, 0.25) is 0 Å². The quantitative estimate of drug-likeness (QED) is 0.596. The maximum absolute atomic E-state index is 5.83. The summed E-state index contributed by atoms with van der Waals surface area (Å²) in [7, 11) is 1.75. The van der Waals surface area contributed by atoms with E-state index >= 15 is 0 Å². The molecule has 0 saturated heterocycles. The lowest BCUT2D eigenvalue weighted by Gasteiger charge is -2.41. The summed E-state index contributed by atoms with van der Waals surface area (Å²) in [6, 6.07) is 10.2. The highest BCUT2D eigenvalue weighted by molar-refractivity contribution is 5.87. The molecule has 0 bridgehead atoms. The van der Waals surface area contributed by atoms with Gasteiger partial charge < -0.3 is 13.6 Å². The Morgan fingerprint density at radius 2 is 1.88 bits per heavy atom. The van der Waals surface area contributed by atoms with Crippen LogP contribution in [0, 0.1) is 5.41 Å². The molecule has 2 heterocycles. The van der Waals surface area contributed by atoms with Crippen LogP contribution in [-0.4, -0.2) is 7.11 Å². The zero-order chi connectivity index (χ0) is 17.9. The monoisotopic (exact) mass is 346 g/mol. The first-order valence-electron chi connectivity index (χ1n) is 9.12. The Labute approximate surface area is 153 Å². The fourth-order valence-electron chi connectivity index (χ4n) is 4.80. The summed E-state index contributed by atoms with van der Waals surface area (Å²) >= 11 is 0. The van der Waals surface area contributed by atoms with E-state index in [2.05, 4.69) is 32.1 Å². The van der Waals surface area contributed by atoms with Crippen molar-refractivity contribution >= 4 is 5.57 Å². The SMILES string of the molecule is COc1cc(-c2ccco2)c2c3c1CC=C3C(C)(C)C(c1ccco1)C2. The second kappa shape index (κ2) is 5.41. The molecule has 0 aliphatic heterocycles. The fourth-order valence-corrected chi connectivity index (χ4v) is 4.80. The van der Waals surface area contributed by atoms with Crippen LogP contribution < -0.4 is 4.74 Å². The van der Waals surface area contributed by atoms with Crippen LogP contribution in [-0.2, 0) is 12.8 Å². The highest BCUT2D eigenvalue weighted by Crippen LogP contribution is 2.58. The minimum atomic E-state index is 0.00288. The number of hydrogen-bond acceptors (Lipinski definition) is 3. The van der Waals surface area contributed by atoms with Crippen molar-refractivity contribution in [1.29, 1.82) is 0 Å². The lowest BCUT2D eigenvalue weighted by Crippen LogP contribution is -2.30. The molecule has 0 fully saturated rings. The van der Waals surface area contributed by atoms with Gasteiger partial charge in [-0.15, -0.1) is 0 Å². The maximum Gasteiger partial charge on any atom is 0.134 e. The number of furan rings is 2. The van der Waals surface area contributed by atoms with Crippen molar-refractivity contribution in [3.05, 3.63) is 71.4 Å². The van der Waals surface area contributed by atoms with Gasteiger partial charge in [-0.25, -0.2) is 0 Å². The first-order chi connectivity index (χ1) is 12.6. The third-order valence-corrected chi connectivity index (χ3v) is 6.15. The summed E-state index contributed by atoms with van der Waals surface area (Å²) in [6.07, 6.45) is 7.73. The van der Waals surface area contributed by atoms with Crippen molar-refractivity contribution in [2.24, 2.45) is 5.41 Å². The predicted octanol–water partition coefficient (Wildman–Crippen LogP) is 5.85. The van der Waals surface area contributed by atoms with Crippen molar-refractivity contribution in [3.8, 4) is 17.1 Å². The number of rotatable bonds is 3. The molecular weight excluding hydrogens is 324 g/mol. The van der Waals surface area contributed by atoms with Crippen LogP contribution in [0.15, 0.2) is 57.8 Å². The predicted molar refractivity (Wildman–Crippen MR) is 101 cm³/mol. The summed E-state index contributed by atoms with van der Waals surface area (Å²) in [5.41, 5.74) is 6.55. The third-order valence-electron chi connectivity index (χ3n) is 6.15. The van der Waals surface area contributed by atoms with Gasteiger partial charge in [0.15, 0.2) is 0 Å². The second-order valence-corrected chi connectivity index (χ2v) is 7.75. The van der Waals surface area contributed by atoms with Gasteiger partial charge in [0, 0.05) is 22.5 Å². The van der Waals surface area contributed by atoms with Gasteiger partial charge in [-0.1, -0.05) is 19.9 Å². The summed E-state index contributed by atoms with van der Waals surface area (Å²) in [5.74, 6) is 3.19. The van der Waals surface area contributed by atoms with Crippen LogP contribution in [0.5, 0.6) is 5.75 Å². The molecule has 3 nitrogen and oxygen atoms in total. The Morgan fingerprint density at radius 3 is 2.58 bits per heavy atom. The number of ether oxygens (including phenoxy) is 1. The Kier molecular flexibility index (Phi) is 3.24. The van der Waals surface area contributed by atoms with Gasteiger partial charge in [-0.2, -0.15) is 0 Å². The molecule has 1 aromatic carbocycles. The average Bonchev–Trinajstić information content (AvgIpc) is 3.39. The highest BCUT2D eigenvalue weighted by atomic mass is 16.5. The topological polar surface area (TPSA) is 35.5 Å². The van der Waals surface area contributed by atoms with Crippen LogP contribution in [0.4, 0.5) is 0 Å². The molecule has 3 aromatic rings. The number of allylic oxidation sites excluding steroid dienone is 2. The van der Waals surface area contributed by atoms with Crippen molar-refractivity contribution < 1.29 is 13.6 Å². The Morgan fingerprint density at radius 1 is 1.08 bits per heavy atom. The van der Waals surface area contributed by atoms with Crippen molar-refractivity contribution in [1.82, 2.24) is 0 Å². The van der Waals surface area contributed by atoms with Gasteiger partial charge in [-0.05, 0) is 59.9 Å². The van der Waals surface area contributed by atoms with Gasteiger partial charge in [0.05, 0.1) is 19.6 Å². The summed E-state index contributed by atoms with van der Waals surface area (Å²) in [5, 5.41) is 0. The molecule has 0 spiro atoms. The summed E-state index contributed by atoms with van der Waals surface area (Å²) < 4.78 is 17.3. The van der Waals surface area contributed by atoms with E-state index < -0.39 is 0 Å². The zero-order valence-corrected chi connectivity index (χ0v) is 15.3. The van der Waals surface area contributed by atoms with Crippen molar-refractivity contribution in [3.63, 3.8) is 0 Å². The Bertz CT molecular complexity index is 989. The van der Waals surface area contributed by atoms with Crippen molar-refractivity contribution in [2.75, 3.05) is 7.11 Å². The molecule has 1 atom stereocenters. The molecule has 2 aliphatic carbocycles. The van der Waals surface area contributed by atoms with Crippen LogP contribution in [0.3, 0.4) is 0 Å². The fraction of sp³-hybridized carbons (Fsp3) is 0.304. The molecule has 132 valence electrons. The summed E-state index contributed by atoms with van der Waals surface area (Å²) in [6.45, 7) is 4.66. The molecule has 0 saturated carbocycles. The Hall–Kier alpha value is -2.68. The van der Waals surface area contributed by atoms with Crippen LogP contribution in [0.25, 0.3) is 16.9 Å². The number of benzene rings is 1. The van der Waals surface area contributed by atoms with E-state index in [1.807, 2.05) is 18.2 Å². The molecule has 0 radical (unpaired) electrons. The number of methoxy groups -OCH3 is 1. The molecule has 2 aliphatic rings. The molecule has 0 N–H and O–H groups in total. The third kappa shape index (κ3) is 2.00. The standard InChI is InChI=1S/C23H22O3/c1-23(2)17-9-8-14-21(24-3)13-15(19-6-4-10-25-19)16(22(14)17)12-18(23)20-7-5-11-26-20/h4-7,9-11,13,18H,8,12H2,1-3H3. The number of hydrogen-bond donors (Lipinski definition) is 0. The molecule has 1 unspecified atom stereocenters. The first kappa shape index (κ1) is 15.6. The molecule has 0 amide bonds. The lowest BCUT2D eigenvalue weighted by molar-refractivity contribution is 0.319. The highest BCUT2D eigenvalue weighted by Gasteiger charge is 2.45. The van der Waals surface area contributed by atoms with Crippen LogP contribution in [0.1, 0.15) is 42.2 Å². The van der Waals surface area contributed by atoms with Crippen LogP contribution in [0.2, 0.25) is 0 Å². The molecular formula is C23H22O3. The molecule has 3 heteroatoms. The lowest BCUT2D eigenvalue weighted by atomic mass is 9.62. The Balaban J connectivity index is 1.79. The second-order valence-electron chi connectivity index (χ2n) is 7.75. The van der Waals surface area contributed by atoms with E-state index in [1.165, 1.54) is 22.3 Å². The van der Waals surface area contributed by atoms with E-state index in [0.29, 0.717) is 5.92 Å². The van der Waals surface area contributed by atoms with Gasteiger partial charge in [0.25, 0.3) is 0 Å². The smallest absolute Gasteiger partial charge is 0.134 e.